The highest BCUT2D eigenvalue weighted by Crippen LogP contribution is 2.14. The topological polar surface area (TPSA) is 79.5 Å². The average molecular weight is 239 g/mol. The molecule has 0 radical (unpaired) electrons. The van der Waals surface area contributed by atoms with Crippen LogP contribution in [0, 0.1) is 6.92 Å². The molecule has 5 heteroatoms. The summed E-state index contributed by atoms with van der Waals surface area (Å²) in [5.41, 5.74) is 0.186. The van der Waals surface area contributed by atoms with Gasteiger partial charge in [-0.25, -0.2) is 0 Å². The van der Waals surface area contributed by atoms with E-state index in [-0.39, 0.29) is 18.1 Å². The molecule has 0 unspecified atom stereocenters. The zero-order chi connectivity index (χ0) is 13.1. The van der Waals surface area contributed by atoms with Crippen molar-refractivity contribution in [2.24, 2.45) is 0 Å². The van der Waals surface area contributed by atoms with E-state index in [1.54, 1.807) is 26.8 Å². The fourth-order valence-electron chi connectivity index (χ4n) is 1.45. The number of carbonyl (C=O) groups excluding carboxylic acids is 1. The number of carbonyl (C=O) groups is 2. The number of aryl methyl sites for hydroxylation is 1. The van der Waals surface area contributed by atoms with Gasteiger partial charge in [0.2, 0.25) is 0 Å². The predicted octanol–water partition coefficient (Wildman–Crippen LogP) is 1.96. The number of aliphatic carboxylic acids is 1. The molecule has 0 atom stereocenters. The summed E-state index contributed by atoms with van der Waals surface area (Å²) in [6.07, 6.45) is 1.84. The van der Waals surface area contributed by atoms with Gasteiger partial charge in [0.1, 0.15) is 0 Å². The smallest absolute Gasteiger partial charge is 0.303 e. The van der Waals surface area contributed by atoms with Gasteiger partial charge in [-0.1, -0.05) is 0 Å². The second-order valence-electron chi connectivity index (χ2n) is 4.66. The number of nitrogens with one attached hydrogen (secondary N) is 1. The van der Waals surface area contributed by atoms with Crippen LogP contribution in [0.2, 0.25) is 0 Å². The number of furan rings is 1. The van der Waals surface area contributed by atoms with Crippen molar-refractivity contribution in [1.29, 1.82) is 0 Å². The lowest BCUT2D eigenvalue weighted by atomic mass is 9.98. The highest BCUT2D eigenvalue weighted by molar-refractivity contribution is 5.93. The summed E-state index contributed by atoms with van der Waals surface area (Å²) in [5.74, 6) is -0.919. The highest BCUT2D eigenvalue weighted by atomic mass is 16.4. The highest BCUT2D eigenvalue weighted by Gasteiger charge is 2.24. The molecule has 0 bridgehead atoms. The van der Waals surface area contributed by atoms with Gasteiger partial charge < -0.3 is 14.8 Å². The Morgan fingerprint density at radius 3 is 2.59 bits per heavy atom. The molecule has 0 aliphatic rings. The second-order valence-corrected chi connectivity index (χ2v) is 4.66. The molecule has 0 spiro atoms. The molecule has 94 valence electrons. The maximum absolute atomic E-state index is 11.8. The first-order chi connectivity index (χ1) is 7.82. The third-order valence-corrected chi connectivity index (χ3v) is 2.48. The van der Waals surface area contributed by atoms with E-state index in [0.717, 1.165) is 5.56 Å². The number of hydrogen-bond donors (Lipinski definition) is 2. The van der Waals surface area contributed by atoms with E-state index in [1.807, 2.05) is 0 Å². The summed E-state index contributed by atoms with van der Waals surface area (Å²) >= 11 is 0. The minimum Gasteiger partial charge on any atom is -0.481 e. The normalized spacial score (nSPS) is 11.2. The van der Waals surface area contributed by atoms with E-state index < -0.39 is 11.5 Å². The molecule has 0 saturated heterocycles. The molecule has 0 aliphatic heterocycles. The fourth-order valence-corrected chi connectivity index (χ4v) is 1.45. The molecule has 1 aromatic rings. The van der Waals surface area contributed by atoms with Crippen molar-refractivity contribution in [2.75, 3.05) is 0 Å². The van der Waals surface area contributed by atoms with Crippen LogP contribution >= 0.6 is 0 Å². The number of amides is 1. The lowest BCUT2D eigenvalue weighted by Gasteiger charge is -2.25. The Labute approximate surface area is 99.8 Å². The maximum atomic E-state index is 11.8. The third-order valence-electron chi connectivity index (χ3n) is 2.48. The van der Waals surface area contributed by atoms with Crippen LogP contribution in [0.25, 0.3) is 0 Å². The Balaban J connectivity index is 2.61. The number of rotatable bonds is 5. The molecule has 1 aromatic heterocycles. The van der Waals surface area contributed by atoms with E-state index >= 15 is 0 Å². The summed E-state index contributed by atoms with van der Waals surface area (Å²) in [6, 6.07) is 1.71. The zero-order valence-electron chi connectivity index (χ0n) is 10.2. The Morgan fingerprint density at radius 1 is 1.47 bits per heavy atom. The molecule has 5 nitrogen and oxygen atoms in total. The fraction of sp³-hybridized carbons (Fsp3) is 0.500. The van der Waals surface area contributed by atoms with Crippen LogP contribution in [0.5, 0.6) is 0 Å². The Kier molecular flexibility index (Phi) is 3.93. The number of carboxylic acids is 1. The van der Waals surface area contributed by atoms with Crippen molar-refractivity contribution in [3.8, 4) is 0 Å². The molecule has 1 rings (SSSR count). The summed E-state index contributed by atoms with van der Waals surface area (Å²) in [7, 11) is 0. The van der Waals surface area contributed by atoms with Gasteiger partial charge in [0.05, 0.1) is 6.26 Å². The number of hydrogen-bond acceptors (Lipinski definition) is 3. The largest absolute Gasteiger partial charge is 0.481 e. The third kappa shape index (κ3) is 3.94. The summed E-state index contributed by atoms with van der Waals surface area (Å²) in [5, 5.41) is 11.4. The lowest BCUT2D eigenvalue weighted by Crippen LogP contribution is -2.43. The molecule has 2 N–H and O–H groups in total. The van der Waals surface area contributed by atoms with Gasteiger partial charge in [-0.2, -0.15) is 0 Å². The Morgan fingerprint density at radius 2 is 2.12 bits per heavy atom. The van der Waals surface area contributed by atoms with Crippen molar-refractivity contribution in [2.45, 2.75) is 39.2 Å². The van der Waals surface area contributed by atoms with Crippen molar-refractivity contribution >= 4 is 11.9 Å². The van der Waals surface area contributed by atoms with Gasteiger partial charge >= 0.3 is 5.97 Å². The van der Waals surface area contributed by atoms with E-state index in [0.29, 0.717) is 6.42 Å². The first kappa shape index (κ1) is 13.3. The summed E-state index contributed by atoms with van der Waals surface area (Å²) in [4.78, 5) is 22.3. The second kappa shape index (κ2) is 5.03. The average Bonchev–Trinajstić information content (AvgIpc) is 2.61. The van der Waals surface area contributed by atoms with Gasteiger partial charge in [0, 0.05) is 17.5 Å². The van der Waals surface area contributed by atoms with E-state index in [2.05, 4.69) is 5.32 Å². The molecule has 17 heavy (non-hydrogen) atoms. The number of carboxylic acid groups (broad SMARTS) is 1. The van der Waals surface area contributed by atoms with Crippen LogP contribution in [0.4, 0.5) is 0 Å². The SMILES string of the molecule is Cc1ccoc1C(=O)NC(C)(C)CCC(=O)O. The van der Waals surface area contributed by atoms with Gasteiger partial charge in [0.15, 0.2) is 5.76 Å². The van der Waals surface area contributed by atoms with Crippen LogP contribution in [0.3, 0.4) is 0 Å². The van der Waals surface area contributed by atoms with Crippen LogP contribution in [-0.2, 0) is 4.79 Å². The van der Waals surface area contributed by atoms with Crippen LogP contribution in [0.15, 0.2) is 16.7 Å². The van der Waals surface area contributed by atoms with Crippen LogP contribution in [0.1, 0.15) is 42.8 Å². The van der Waals surface area contributed by atoms with E-state index in [4.69, 9.17) is 9.52 Å². The Hall–Kier alpha value is -1.78. The quantitative estimate of drug-likeness (QED) is 0.823. The van der Waals surface area contributed by atoms with Crippen molar-refractivity contribution in [1.82, 2.24) is 5.32 Å². The van der Waals surface area contributed by atoms with Crippen molar-refractivity contribution < 1.29 is 19.1 Å². The van der Waals surface area contributed by atoms with Gasteiger partial charge in [-0.3, -0.25) is 9.59 Å². The standard InChI is InChI=1S/C12H17NO4/c1-8-5-7-17-10(8)11(16)13-12(2,3)6-4-9(14)15/h5,7H,4,6H2,1-3H3,(H,13,16)(H,14,15). The first-order valence-electron chi connectivity index (χ1n) is 5.40. The maximum Gasteiger partial charge on any atom is 0.303 e. The molecule has 1 amide bonds. The predicted molar refractivity (Wildman–Crippen MR) is 61.9 cm³/mol. The summed E-state index contributed by atoms with van der Waals surface area (Å²) < 4.78 is 5.07. The van der Waals surface area contributed by atoms with Crippen LogP contribution < -0.4 is 5.32 Å². The molecule has 1 heterocycles. The zero-order valence-corrected chi connectivity index (χ0v) is 10.2. The molecular formula is C12H17NO4. The molecule has 0 fully saturated rings. The molecular weight excluding hydrogens is 222 g/mol. The van der Waals surface area contributed by atoms with Gasteiger partial charge in [-0.15, -0.1) is 0 Å². The lowest BCUT2D eigenvalue weighted by molar-refractivity contribution is -0.137. The van der Waals surface area contributed by atoms with Crippen LogP contribution in [-0.4, -0.2) is 22.5 Å². The first-order valence-corrected chi connectivity index (χ1v) is 5.40. The van der Waals surface area contributed by atoms with Gasteiger partial charge in [0.25, 0.3) is 5.91 Å². The van der Waals surface area contributed by atoms with E-state index in [1.165, 1.54) is 6.26 Å². The minimum absolute atomic E-state index is 0.0183. The summed E-state index contributed by atoms with van der Waals surface area (Å²) in [6.45, 7) is 5.35. The Bertz CT molecular complexity index is 420. The van der Waals surface area contributed by atoms with Crippen molar-refractivity contribution in [3.05, 3.63) is 23.7 Å². The minimum atomic E-state index is -0.874. The molecule has 0 aromatic carbocycles. The molecule has 0 saturated carbocycles. The van der Waals surface area contributed by atoms with E-state index in [9.17, 15) is 9.59 Å². The van der Waals surface area contributed by atoms with Crippen molar-refractivity contribution in [3.63, 3.8) is 0 Å². The van der Waals surface area contributed by atoms with Gasteiger partial charge in [-0.05, 0) is 33.3 Å². The molecule has 0 aliphatic carbocycles. The monoisotopic (exact) mass is 239 g/mol.